The summed E-state index contributed by atoms with van der Waals surface area (Å²) in [7, 11) is -4.69. The van der Waals surface area contributed by atoms with E-state index in [2.05, 4.69) is 23.7 Å². The Morgan fingerprint density at radius 2 is 0.736 bits per heavy atom. The van der Waals surface area contributed by atoms with Crippen molar-refractivity contribution in [3.8, 4) is 0 Å². The summed E-state index contributed by atoms with van der Waals surface area (Å²) in [6.07, 6.45) is 48.1. The molecule has 0 aromatic rings. The van der Waals surface area contributed by atoms with Gasteiger partial charge in [-0.15, -0.1) is 0 Å². The molecule has 0 saturated carbocycles. The van der Waals surface area contributed by atoms with Gasteiger partial charge in [0.1, 0.15) is 0 Å². The Morgan fingerprint density at radius 3 is 1.02 bits per heavy atom. The molecular weight excluding hydrogens is 681 g/mol. The Hall–Kier alpha value is -0.460. The Kier molecular flexibility index (Phi) is 40.8. The second-order valence-corrected chi connectivity index (χ2v) is 17.7. The fraction of sp³-hybridized carbons (Fsp3) is 0.978. The second kappa shape index (κ2) is 41.2. The highest BCUT2D eigenvalue weighted by atomic mass is 31.2. The lowest BCUT2D eigenvalue weighted by Gasteiger charge is -2.24. The number of amides is 1. The molecule has 0 bridgehead atoms. The number of aliphatic hydroxyl groups is 1. The van der Waals surface area contributed by atoms with Crippen molar-refractivity contribution in [1.29, 1.82) is 0 Å². The molecule has 8 heteroatoms. The second-order valence-electron chi connectivity index (χ2n) is 16.4. The molecule has 4 N–H and O–H groups in total. The summed E-state index contributed by atoms with van der Waals surface area (Å²) >= 11 is 0. The van der Waals surface area contributed by atoms with E-state index in [1.165, 1.54) is 199 Å². The van der Waals surface area contributed by atoms with Crippen LogP contribution in [0.15, 0.2) is 0 Å². The molecule has 53 heavy (non-hydrogen) atoms. The summed E-state index contributed by atoms with van der Waals surface area (Å²) in [6, 6.07) is -0.818. The van der Waals surface area contributed by atoms with Crippen LogP contribution in [0.4, 0.5) is 0 Å². The molecule has 0 spiro atoms. The Bertz CT molecular complexity index is 793. The van der Waals surface area contributed by atoms with Crippen LogP contribution in [0.3, 0.4) is 0 Å². The topological polar surface area (TPSA) is 116 Å². The molecule has 0 aromatic carbocycles. The van der Waals surface area contributed by atoms with Crippen LogP contribution in [0.25, 0.3) is 0 Å². The van der Waals surface area contributed by atoms with Crippen LogP contribution in [-0.4, -0.2) is 39.6 Å². The van der Waals surface area contributed by atoms with Crippen molar-refractivity contribution >= 4 is 13.7 Å². The summed E-state index contributed by atoms with van der Waals surface area (Å²) < 4.78 is 16.0. The average Bonchev–Trinajstić information content (AvgIpc) is 3.13. The molecule has 318 valence electrons. The van der Waals surface area contributed by atoms with E-state index >= 15 is 0 Å². The number of rotatable bonds is 44. The first-order valence-corrected chi connectivity index (χ1v) is 25.0. The molecule has 0 radical (unpaired) electrons. The maximum atomic E-state index is 12.6. The Morgan fingerprint density at radius 1 is 0.472 bits per heavy atom. The molecule has 0 fully saturated rings. The molecule has 0 aliphatic heterocycles. The van der Waals surface area contributed by atoms with Crippen molar-refractivity contribution in [2.24, 2.45) is 0 Å². The summed E-state index contributed by atoms with van der Waals surface area (Å²) in [4.78, 5) is 31.0. The number of unbranched alkanes of at least 4 members (excludes halogenated alkanes) is 35. The van der Waals surface area contributed by atoms with Gasteiger partial charge in [0.05, 0.1) is 18.8 Å². The first-order valence-electron chi connectivity index (χ1n) is 23.5. The van der Waals surface area contributed by atoms with Crippen LogP contribution < -0.4 is 5.32 Å². The first-order chi connectivity index (χ1) is 25.8. The quantitative estimate of drug-likeness (QED) is 0.0362. The van der Waals surface area contributed by atoms with Gasteiger partial charge in [-0.2, -0.15) is 0 Å². The van der Waals surface area contributed by atoms with Gasteiger partial charge < -0.3 is 20.2 Å². The van der Waals surface area contributed by atoms with Crippen molar-refractivity contribution in [3.05, 3.63) is 0 Å². The number of nitrogens with one attached hydrogen (secondary N) is 1. The zero-order chi connectivity index (χ0) is 38.9. The van der Waals surface area contributed by atoms with Gasteiger partial charge in [-0.3, -0.25) is 9.32 Å². The van der Waals surface area contributed by atoms with Crippen molar-refractivity contribution in [2.45, 2.75) is 276 Å². The van der Waals surface area contributed by atoms with Crippen molar-refractivity contribution in [3.63, 3.8) is 0 Å². The van der Waals surface area contributed by atoms with Gasteiger partial charge in [0.2, 0.25) is 5.91 Å². The Labute approximate surface area is 330 Å². The molecule has 0 saturated heterocycles. The summed E-state index contributed by atoms with van der Waals surface area (Å²) in [5.74, 6) is -0.187. The zero-order valence-electron chi connectivity index (χ0n) is 35.5. The van der Waals surface area contributed by atoms with Crippen LogP contribution in [0.5, 0.6) is 0 Å². The van der Waals surface area contributed by atoms with Crippen molar-refractivity contribution < 1.29 is 28.8 Å². The molecule has 2 atom stereocenters. The zero-order valence-corrected chi connectivity index (χ0v) is 36.3. The molecule has 0 rings (SSSR count). The van der Waals surface area contributed by atoms with Crippen molar-refractivity contribution in [1.82, 2.24) is 5.32 Å². The van der Waals surface area contributed by atoms with E-state index < -0.39 is 26.6 Å². The number of carbonyl (C=O) groups excluding carboxylic acids is 1. The van der Waals surface area contributed by atoms with Gasteiger partial charge in [-0.05, 0) is 12.8 Å². The lowest BCUT2D eigenvalue weighted by Crippen LogP contribution is -2.46. The molecule has 7 nitrogen and oxygen atoms in total. The van der Waals surface area contributed by atoms with Gasteiger partial charge in [-0.25, -0.2) is 4.57 Å². The third-order valence-corrected chi connectivity index (χ3v) is 11.6. The Balaban J connectivity index is 3.81. The van der Waals surface area contributed by atoms with E-state index in [1.807, 2.05) is 0 Å². The minimum absolute atomic E-state index is 0.187. The minimum atomic E-state index is -4.69. The average molecular weight is 774 g/mol. The van der Waals surface area contributed by atoms with E-state index in [0.717, 1.165) is 38.5 Å². The number of phosphoric acid groups is 1. The predicted molar refractivity (Wildman–Crippen MR) is 227 cm³/mol. The highest BCUT2D eigenvalue weighted by molar-refractivity contribution is 7.46. The standard InChI is InChI=1S/C45H92NO6P/c1-3-5-7-9-11-13-15-17-19-21-22-23-25-27-29-31-33-35-37-39-41-45(48)46-43(42-52-53(49,50)51)44(47)40-38-36-34-32-30-28-26-24-20-18-16-14-12-10-8-6-4-2/h43-44,47H,3-42H2,1-2H3,(H,46,48)(H2,49,50,51)/t43-,44+/m0/s1. The van der Waals surface area contributed by atoms with Crippen molar-refractivity contribution in [2.75, 3.05) is 6.61 Å². The van der Waals surface area contributed by atoms with E-state index in [4.69, 9.17) is 0 Å². The molecule has 0 heterocycles. The SMILES string of the molecule is CCCCCCCCCCCCCCCCCCCCCCC(=O)N[C@@H](COP(=O)(O)O)[C@H](O)CCCCCCCCCCCCCCCCCCC. The molecule has 0 aromatic heterocycles. The third kappa shape index (κ3) is 42.5. The third-order valence-electron chi connectivity index (χ3n) is 11.1. The normalized spacial score (nSPS) is 13.1. The minimum Gasteiger partial charge on any atom is -0.391 e. The van der Waals surface area contributed by atoms with Gasteiger partial charge in [-0.1, -0.05) is 245 Å². The summed E-state index contributed by atoms with van der Waals surface area (Å²) in [5, 5.41) is 13.6. The first kappa shape index (κ1) is 52.5. The van der Waals surface area contributed by atoms with E-state index in [0.29, 0.717) is 12.8 Å². The number of carbonyl (C=O) groups is 1. The van der Waals surface area contributed by atoms with Gasteiger partial charge in [0, 0.05) is 6.42 Å². The fourth-order valence-electron chi connectivity index (χ4n) is 7.53. The number of hydrogen-bond donors (Lipinski definition) is 4. The molecule has 0 unspecified atom stereocenters. The van der Waals surface area contributed by atoms with Crippen LogP contribution >= 0.6 is 7.82 Å². The van der Waals surface area contributed by atoms with Crippen LogP contribution in [0, 0.1) is 0 Å². The van der Waals surface area contributed by atoms with Crippen LogP contribution in [-0.2, 0) is 13.9 Å². The summed E-state index contributed by atoms with van der Waals surface area (Å²) in [6.45, 7) is 4.16. The van der Waals surface area contributed by atoms with Gasteiger partial charge in [0.15, 0.2) is 0 Å². The van der Waals surface area contributed by atoms with E-state index in [1.54, 1.807) is 0 Å². The molecule has 0 aliphatic carbocycles. The van der Waals surface area contributed by atoms with E-state index in [9.17, 15) is 24.3 Å². The number of aliphatic hydroxyl groups excluding tert-OH is 1. The van der Waals surface area contributed by atoms with Gasteiger partial charge in [0.25, 0.3) is 0 Å². The highest BCUT2D eigenvalue weighted by Crippen LogP contribution is 2.36. The molecule has 1 amide bonds. The maximum absolute atomic E-state index is 12.6. The lowest BCUT2D eigenvalue weighted by molar-refractivity contribution is -0.123. The molecule has 0 aliphatic rings. The fourth-order valence-corrected chi connectivity index (χ4v) is 7.88. The highest BCUT2D eigenvalue weighted by Gasteiger charge is 2.25. The monoisotopic (exact) mass is 774 g/mol. The van der Waals surface area contributed by atoms with Gasteiger partial charge >= 0.3 is 7.82 Å². The smallest absolute Gasteiger partial charge is 0.391 e. The lowest BCUT2D eigenvalue weighted by atomic mass is 10.0. The largest absolute Gasteiger partial charge is 0.469 e. The molecular formula is C45H92NO6P. The summed E-state index contributed by atoms with van der Waals surface area (Å²) in [5.41, 5.74) is 0. The van der Waals surface area contributed by atoms with E-state index in [-0.39, 0.29) is 5.91 Å². The predicted octanol–water partition coefficient (Wildman–Crippen LogP) is 14.2. The van der Waals surface area contributed by atoms with Crippen LogP contribution in [0.1, 0.15) is 264 Å². The number of phosphoric ester groups is 1. The number of hydrogen-bond acceptors (Lipinski definition) is 4. The maximum Gasteiger partial charge on any atom is 0.469 e. The van der Waals surface area contributed by atoms with Crippen LogP contribution in [0.2, 0.25) is 0 Å².